The van der Waals surface area contributed by atoms with Crippen LogP contribution in [0.4, 0.5) is 9.18 Å². The molecule has 0 bridgehead atoms. The predicted octanol–water partition coefficient (Wildman–Crippen LogP) is 2.08. The number of carbonyl (C=O) groups excluding carboxylic acids is 3. The number of nitrogens with zero attached hydrogens (tertiary/aromatic N) is 2. The molecular formula is C19H24FN3O4S. The van der Waals surface area contributed by atoms with Gasteiger partial charge in [-0.1, -0.05) is 6.07 Å². The molecule has 1 N–H and O–H groups in total. The number of hydrogen-bond acceptors (Lipinski definition) is 5. The molecule has 28 heavy (non-hydrogen) atoms. The van der Waals surface area contributed by atoms with Crippen molar-refractivity contribution in [1.82, 2.24) is 15.1 Å². The highest BCUT2D eigenvalue weighted by Crippen LogP contribution is 2.44. The number of halogens is 1. The Morgan fingerprint density at radius 3 is 2.68 bits per heavy atom. The third kappa shape index (κ3) is 4.40. The topological polar surface area (TPSA) is 79.0 Å². The summed E-state index contributed by atoms with van der Waals surface area (Å²) >= 11 is 1.72. The summed E-state index contributed by atoms with van der Waals surface area (Å²) in [6.45, 7) is 3.39. The highest BCUT2D eigenvalue weighted by Gasteiger charge is 2.47. The second-order valence-electron chi connectivity index (χ2n) is 6.71. The lowest BCUT2D eigenvalue weighted by molar-refractivity contribution is -0.141. The van der Waals surface area contributed by atoms with Crippen LogP contribution < -0.4 is 5.32 Å². The Kier molecular flexibility index (Phi) is 6.43. The molecule has 7 nitrogen and oxygen atoms in total. The standard InChI is InChI=1S/C19H24FN3O4S/c1-2-27-16(24)13-21-18(26)22-8-6-19(7-9-22)23(10-11-28-19)17(25)14-4-3-5-15(20)12-14/h3-5,12H,2,6-11,13H2,1H3,(H,21,26). The maximum absolute atomic E-state index is 13.5. The summed E-state index contributed by atoms with van der Waals surface area (Å²) in [5, 5.41) is 2.57. The summed E-state index contributed by atoms with van der Waals surface area (Å²) < 4.78 is 18.3. The number of urea groups is 1. The van der Waals surface area contributed by atoms with Crippen molar-refractivity contribution in [3.05, 3.63) is 35.6 Å². The molecule has 3 amide bonds. The molecule has 0 aromatic heterocycles. The fourth-order valence-electron chi connectivity index (χ4n) is 3.62. The zero-order chi connectivity index (χ0) is 20.1. The van der Waals surface area contributed by atoms with Gasteiger partial charge in [-0.25, -0.2) is 9.18 Å². The minimum absolute atomic E-state index is 0.159. The third-order valence-electron chi connectivity index (χ3n) is 5.02. The van der Waals surface area contributed by atoms with E-state index in [0.717, 1.165) is 5.75 Å². The van der Waals surface area contributed by atoms with E-state index in [1.54, 1.807) is 29.7 Å². The molecular weight excluding hydrogens is 385 g/mol. The normalized spacial score (nSPS) is 18.2. The second-order valence-corrected chi connectivity index (χ2v) is 8.17. The van der Waals surface area contributed by atoms with Gasteiger partial charge in [0.1, 0.15) is 12.4 Å². The molecule has 2 aliphatic heterocycles. The minimum Gasteiger partial charge on any atom is -0.465 e. The summed E-state index contributed by atoms with van der Waals surface area (Å²) in [5.74, 6) is -0.261. The number of amides is 3. The van der Waals surface area contributed by atoms with Crippen LogP contribution in [0.5, 0.6) is 0 Å². The zero-order valence-corrected chi connectivity index (χ0v) is 16.6. The molecule has 2 saturated heterocycles. The van der Waals surface area contributed by atoms with E-state index in [4.69, 9.17) is 4.74 Å². The quantitative estimate of drug-likeness (QED) is 0.771. The number of ether oxygens (including phenoxy) is 1. The van der Waals surface area contributed by atoms with E-state index in [-0.39, 0.29) is 30.0 Å². The summed E-state index contributed by atoms with van der Waals surface area (Å²) in [7, 11) is 0. The van der Waals surface area contributed by atoms with Gasteiger partial charge in [0.15, 0.2) is 0 Å². The molecule has 0 saturated carbocycles. The molecule has 2 aliphatic rings. The Bertz CT molecular complexity index is 752. The Balaban J connectivity index is 1.59. The summed E-state index contributed by atoms with van der Waals surface area (Å²) in [6, 6.07) is 5.43. The van der Waals surface area contributed by atoms with Crippen LogP contribution >= 0.6 is 11.8 Å². The molecule has 3 rings (SSSR count). The first-order valence-corrected chi connectivity index (χ1v) is 10.3. The number of nitrogens with one attached hydrogen (secondary N) is 1. The lowest BCUT2D eigenvalue weighted by atomic mass is 10.0. The monoisotopic (exact) mass is 409 g/mol. The molecule has 0 aliphatic carbocycles. The molecule has 2 heterocycles. The van der Waals surface area contributed by atoms with Crippen LogP contribution in [0.15, 0.2) is 24.3 Å². The summed E-state index contributed by atoms with van der Waals surface area (Å²) in [6.07, 6.45) is 1.26. The van der Waals surface area contributed by atoms with E-state index in [1.165, 1.54) is 18.2 Å². The lowest BCUT2D eigenvalue weighted by Crippen LogP contribution is -2.55. The fourth-order valence-corrected chi connectivity index (χ4v) is 5.07. The average molecular weight is 409 g/mol. The van der Waals surface area contributed by atoms with E-state index in [9.17, 15) is 18.8 Å². The highest BCUT2D eigenvalue weighted by molar-refractivity contribution is 8.00. The van der Waals surface area contributed by atoms with Crippen LogP contribution in [0, 0.1) is 5.82 Å². The molecule has 0 unspecified atom stereocenters. The molecule has 1 aromatic rings. The van der Waals surface area contributed by atoms with Gasteiger partial charge in [-0.15, -0.1) is 11.8 Å². The number of rotatable bonds is 4. The van der Waals surface area contributed by atoms with Crippen molar-refractivity contribution >= 4 is 29.7 Å². The van der Waals surface area contributed by atoms with Crippen LogP contribution in [0.1, 0.15) is 30.1 Å². The lowest BCUT2D eigenvalue weighted by Gasteiger charge is -2.44. The smallest absolute Gasteiger partial charge is 0.325 e. The van der Waals surface area contributed by atoms with Gasteiger partial charge in [-0.3, -0.25) is 9.59 Å². The number of piperidine rings is 1. The number of esters is 1. The van der Waals surface area contributed by atoms with Gasteiger partial charge >= 0.3 is 12.0 Å². The highest BCUT2D eigenvalue weighted by atomic mass is 32.2. The summed E-state index contributed by atoms with van der Waals surface area (Å²) in [5.41, 5.74) is 0.344. The van der Waals surface area contributed by atoms with E-state index in [0.29, 0.717) is 38.0 Å². The number of likely N-dealkylation sites (tertiary alicyclic amines) is 1. The van der Waals surface area contributed by atoms with Crippen molar-refractivity contribution in [2.75, 3.05) is 38.5 Å². The van der Waals surface area contributed by atoms with Crippen molar-refractivity contribution in [3.8, 4) is 0 Å². The molecule has 9 heteroatoms. The zero-order valence-electron chi connectivity index (χ0n) is 15.8. The van der Waals surface area contributed by atoms with Gasteiger partial charge in [0.25, 0.3) is 5.91 Å². The number of carbonyl (C=O) groups is 3. The average Bonchev–Trinajstić information content (AvgIpc) is 3.09. The number of benzene rings is 1. The van der Waals surface area contributed by atoms with Gasteiger partial charge in [-0.05, 0) is 38.0 Å². The van der Waals surface area contributed by atoms with Crippen LogP contribution in [0.25, 0.3) is 0 Å². The fraction of sp³-hybridized carbons (Fsp3) is 0.526. The van der Waals surface area contributed by atoms with Crippen molar-refractivity contribution in [2.24, 2.45) is 0 Å². The van der Waals surface area contributed by atoms with Crippen molar-refractivity contribution in [3.63, 3.8) is 0 Å². The summed E-state index contributed by atoms with van der Waals surface area (Å²) in [4.78, 5) is 39.7. The van der Waals surface area contributed by atoms with E-state index in [2.05, 4.69) is 5.32 Å². The maximum atomic E-state index is 13.5. The third-order valence-corrected chi connectivity index (χ3v) is 6.57. The van der Waals surface area contributed by atoms with Gasteiger partial charge in [0.2, 0.25) is 0 Å². The van der Waals surface area contributed by atoms with Crippen LogP contribution in [0.2, 0.25) is 0 Å². The minimum atomic E-state index is -0.470. The molecule has 1 aromatic carbocycles. The molecule has 2 fully saturated rings. The van der Waals surface area contributed by atoms with Gasteiger partial charge in [0.05, 0.1) is 11.5 Å². The Morgan fingerprint density at radius 1 is 1.25 bits per heavy atom. The number of thioether (sulfide) groups is 1. The first-order chi connectivity index (χ1) is 13.4. The van der Waals surface area contributed by atoms with E-state index in [1.807, 2.05) is 4.90 Å². The van der Waals surface area contributed by atoms with Crippen molar-refractivity contribution in [1.29, 1.82) is 0 Å². The first kappa shape index (κ1) is 20.4. The molecule has 152 valence electrons. The van der Waals surface area contributed by atoms with Crippen LogP contribution in [-0.4, -0.2) is 71.1 Å². The van der Waals surface area contributed by atoms with Gasteiger partial charge < -0.3 is 19.9 Å². The predicted molar refractivity (Wildman–Crippen MR) is 103 cm³/mol. The number of hydrogen-bond donors (Lipinski definition) is 1. The van der Waals surface area contributed by atoms with Crippen molar-refractivity contribution in [2.45, 2.75) is 24.6 Å². The van der Waals surface area contributed by atoms with Crippen LogP contribution in [0.3, 0.4) is 0 Å². The molecule has 0 atom stereocenters. The Morgan fingerprint density at radius 2 is 2.00 bits per heavy atom. The second kappa shape index (κ2) is 8.81. The Hall–Kier alpha value is -2.29. The van der Waals surface area contributed by atoms with E-state index >= 15 is 0 Å². The Labute approximate surface area is 167 Å². The van der Waals surface area contributed by atoms with Crippen molar-refractivity contribution < 1.29 is 23.5 Å². The van der Waals surface area contributed by atoms with Gasteiger partial charge in [-0.2, -0.15) is 0 Å². The largest absolute Gasteiger partial charge is 0.465 e. The maximum Gasteiger partial charge on any atom is 0.325 e. The first-order valence-electron chi connectivity index (χ1n) is 9.35. The van der Waals surface area contributed by atoms with Gasteiger partial charge in [0, 0.05) is 31.0 Å². The van der Waals surface area contributed by atoms with E-state index < -0.39 is 11.8 Å². The van der Waals surface area contributed by atoms with Crippen LogP contribution in [-0.2, 0) is 9.53 Å². The molecule has 0 radical (unpaired) electrons. The SMILES string of the molecule is CCOC(=O)CNC(=O)N1CCC2(CC1)SCCN2C(=O)c1cccc(F)c1. The molecule has 1 spiro atoms.